The van der Waals surface area contributed by atoms with E-state index in [0.29, 0.717) is 12.0 Å². The van der Waals surface area contributed by atoms with E-state index >= 15 is 0 Å². The van der Waals surface area contributed by atoms with Crippen molar-refractivity contribution < 1.29 is 45.4 Å². The Bertz CT molecular complexity index is 1110. The molecular formula is C24H21BrF6O4. The molecule has 3 rings (SSSR count). The number of allylic oxidation sites excluding steroid dienone is 2. The van der Waals surface area contributed by atoms with Crippen LogP contribution < -0.4 is 0 Å². The second-order valence-corrected chi connectivity index (χ2v) is 8.26. The number of benzene rings is 2. The number of methoxy groups -OCH3 is 2. The van der Waals surface area contributed by atoms with Gasteiger partial charge in [-0.1, -0.05) is 28.1 Å². The molecule has 0 N–H and O–H groups in total. The first-order valence-electron chi connectivity index (χ1n) is 10.2. The largest absolute Gasteiger partial charge is 0.465 e. The fraction of sp³-hybridized carbons (Fsp3) is 0.333. The fourth-order valence-electron chi connectivity index (χ4n) is 3.37. The Kier molecular flexibility index (Phi) is 9.53. The van der Waals surface area contributed by atoms with Gasteiger partial charge in [-0.25, -0.2) is 9.59 Å². The Morgan fingerprint density at radius 1 is 0.800 bits per heavy atom. The maximum Gasteiger partial charge on any atom is 0.417 e. The van der Waals surface area contributed by atoms with E-state index < -0.39 is 35.4 Å². The molecule has 0 unspecified atom stereocenters. The standard InChI is InChI=1S/C15H15F3O2.C9H6BrF3O2/c1-20-14(19)11-7-8-12(10-5-3-2-4-6-10)13(9-11)15(16,17)18;1-15-8(14)5-2-3-7(10)6(4-5)9(11,12)13/h5,7-9H,2-4,6H2,1H3;2-4H,1H3. The van der Waals surface area contributed by atoms with Crippen molar-refractivity contribution in [2.24, 2.45) is 0 Å². The van der Waals surface area contributed by atoms with Gasteiger partial charge in [0.15, 0.2) is 0 Å². The Hall–Kier alpha value is -2.82. The third kappa shape index (κ3) is 7.58. The summed E-state index contributed by atoms with van der Waals surface area (Å²) in [5.74, 6) is -1.56. The van der Waals surface area contributed by atoms with Crippen LogP contribution in [0.25, 0.3) is 5.57 Å². The van der Waals surface area contributed by atoms with Gasteiger partial charge in [-0.15, -0.1) is 0 Å². The van der Waals surface area contributed by atoms with Crippen molar-refractivity contribution in [1.82, 2.24) is 0 Å². The predicted molar refractivity (Wildman–Crippen MR) is 120 cm³/mol. The lowest BCUT2D eigenvalue weighted by atomic mass is 9.89. The van der Waals surface area contributed by atoms with Gasteiger partial charge in [0.25, 0.3) is 0 Å². The van der Waals surface area contributed by atoms with Crippen LogP contribution in [0.4, 0.5) is 26.3 Å². The van der Waals surface area contributed by atoms with E-state index in [1.165, 1.54) is 18.2 Å². The first kappa shape index (κ1) is 28.4. The lowest BCUT2D eigenvalue weighted by Gasteiger charge is -2.19. The van der Waals surface area contributed by atoms with Crippen molar-refractivity contribution in [2.45, 2.75) is 38.0 Å². The number of carbonyl (C=O) groups is 2. The summed E-state index contributed by atoms with van der Waals surface area (Å²) < 4.78 is 85.4. The molecular weight excluding hydrogens is 546 g/mol. The molecule has 0 amide bonds. The summed E-state index contributed by atoms with van der Waals surface area (Å²) in [6, 6.07) is 6.78. The van der Waals surface area contributed by atoms with Crippen LogP contribution in [-0.2, 0) is 21.8 Å². The van der Waals surface area contributed by atoms with Crippen molar-refractivity contribution in [1.29, 1.82) is 0 Å². The summed E-state index contributed by atoms with van der Waals surface area (Å²) in [6.07, 6.45) is -3.80. The smallest absolute Gasteiger partial charge is 0.417 e. The van der Waals surface area contributed by atoms with Crippen LogP contribution in [-0.4, -0.2) is 26.2 Å². The fourth-order valence-corrected chi connectivity index (χ4v) is 3.85. The molecule has 0 atom stereocenters. The minimum absolute atomic E-state index is 0.0833. The molecule has 0 radical (unpaired) electrons. The molecule has 0 aromatic heterocycles. The minimum Gasteiger partial charge on any atom is -0.465 e. The molecule has 0 bridgehead atoms. The van der Waals surface area contributed by atoms with Gasteiger partial charge in [0.1, 0.15) is 0 Å². The van der Waals surface area contributed by atoms with Gasteiger partial charge in [-0.2, -0.15) is 26.3 Å². The third-order valence-electron chi connectivity index (χ3n) is 5.08. The molecule has 0 heterocycles. The van der Waals surface area contributed by atoms with Crippen LogP contribution in [0.1, 0.15) is 63.1 Å². The third-order valence-corrected chi connectivity index (χ3v) is 5.77. The molecule has 1 aliphatic carbocycles. The van der Waals surface area contributed by atoms with E-state index in [-0.39, 0.29) is 21.2 Å². The molecule has 4 nitrogen and oxygen atoms in total. The number of ether oxygens (including phenoxy) is 2. The molecule has 0 saturated heterocycles. The van der Waals surface area contributed by atoms with Gasteiger partial charge in [-0.05, 0) is 67.2 Å². The normalized spacial score (nSPS) is 13.8. The van der Waals surface area contributed by atoms with Crippen LogP contribution in [0.3, 0.4) is 0 Å². The zero-order valence-electron chi connectivity index (χ0n) is 18.6. The molecule has 0 saturated carbocycles. The van der Waals surface area contributed by atoms with Crippen LogP contribution in [0, 0.1) is 0 Å². The summed E-state index contributed by atoms with van der Waals surface area (Å²) in [7, 11) is 2.25. The maximum atomic E-state index is 13.2. The Morgan fingerprint density at radius 2 is 1.31 bits per heavy atom. The summed E-state index contributed by atoms with van der Waals surface area (Å²) >= 11 is 2.77. The van der Waals surface area contributed by atoms with Crippen LogP contribution >= 0.6 is 15.9 Å². The number of carbonyl (C=O) groups excluding carboxylic acids is 2. The number of rotatable bonds is 3. The SMILES string of the molecule is COC(=O)c1ccc(Br)c(C(F)(F)F)c1.COC(=O)c1ccc(C2=CCCCC2)c(C(F)(F)F)c1. The Balaban J connectivity index is 0.000000258. The van der Waals surface area contributed by atoms with Gasteiger partial charge >= 0.3 is 24.3 Å². The quantitative estimate of drug-likeness (QED) is 0.282. The number of esters is 2. The average Bonchev–Trinajstić information content (AvgIpc) is 2.82. The topological polar surface area (TPSA) is 52.6 Å². The molecule has 2 aromatic carbocycles. The molecule has 190 valence electrons. The molecule has 0 aliphatic heterocycles. The first-order chi connectivity index (χ1) is 16.3. The van der Waals surface area contributed by atoms with Gasteiger partial charge in [0.05, 0.1) is 36.5 Å². The van der Waals surface area contributed by atoms with E-state index in [4.69, 9.17) is 0 Å². The highest BCUT2D eigenvalue weighted by Gasteiger charge is 2.35. The monoisotopic (exact) mass is 566 g/mol. The highest BCUT2D eigenvalue weighted by molar-refractivity contribution is 9.10. The van der Waals surface area contributed by atoms with Crippen LogP contribution in [0.2, 0.25) is 0 Å². The Labute approximate surface area is 206 Å². The van der Waals surface area contributed by atoms with Gasteiger partial charge in [0, 0.05) is 4.47 Å². The second kappa shape index (κ2) is 11.7. The van der Waals surface area contributed by atoms with Gasteiger partial charge in [0.2, 0.25) is 0 Å². The van der Waals surface area contributed by atoms with Gasteiger partial charge < -0.3 is 9.47 Å². The number of hydrogen-bond acceptors (Lipinski definition) is 4. The Morgan fingerprint density at radius 3 is 1.77 bits per heavy atom. The lowest BCUT2D eigenvalue weighted by Crippen LogP contribution is -2.12. The van der Waals surface area contributed by atoms with Crippen LogP contribution in [0.15, 0.2) is 46.9 Å². The number of hydrogen-bond donors (Lipinski definition) is 0. The van der Waals surface area contributed by atoms with Crippen molar-refractivity contribution in [3.8, 4) is 0 Å². The molecule has 2 aromatic rings. The van der Waals surface area contributed by atoms with Crippen molar-refractivity contribution in [3.63, 3.8) is 0 Å². The zero-order valence-corrected chi connectivity index (χ0v) is 20.2. The highest BCUT2D eigenvalue weighted by atomic mass is 79.9. The molecule has 11 heteroatoms. The summed E-state index contributed by atoms with van der Waals surface area (Å²) in [4.78, 5) is 22.4. The highest BCUT2D eigenvalue weighted by Crippen LogP contribution is 2.38. The minimum atomic E-state index is -4.50. The number of halogens is 7. The van der Waals surface area contributed by atoms with E-state index in [1.807, 2.05) is 6.08 Å². The molecule has 35 heavy (non-hydrogen) atoms. The lowest BCUT2D eigenvalue weighted by molar-refractivity contribution is -0.138. The summed E-state index contributed by atoms with van der Waals surface area (Å²) in [5.41, 5.74) is -1.00. The molecule has 1 aliphatic rings. The van der Waals surface area contributed by atoms with Crippen molar-refractivity contribution in [2.75, 3.05) is 14.2 Å². The van der Waals surface area contributed by atoms with Gasteiger partial charge in [-0.3, -0.25) is 0 Å². The molecule has 0 spiro atoms. The molecule has 0 fully saturated rings. The second-order valence-electron chi connectivity index (χ2n) is 7.41. The van der Waals surface area contributed by atoms with E-state index in [0.717, 1.165) is 51.7 Å². The van der Waals surface area contributed by atoms with Crippen LogP contribution in [0.5, 0.6) is 0 Å². The first-order valence-corrected chi connectivity index (χ1v) is 11.0. The van der Waals surface area contributed by atoms with E-state index in [1.54, 1.807) is 0 Å². The zero-order chi connectivity index (χ0) is 26.4. The van der Waals surface area contributed by atoms with E-state index in [9.17, 15) is 35.9 Å². The van der Waals surface area contributed by atoms with Crippen molar-refractivity contribution >= 4 is 33.4 Å². The van der Waals surface area contributed by atoms with E-state index in [2.05, 4.69) is 25.4 Å². The number of alkyl halides is 6. The summed E-state index contributed by atoms with van der Waals surface area (Å²) in [6.45, 7) is 0. The maximum absolute atomic E-state index is 13.2. The average molecular weight is 567 g/mol. The predicted octanol–water partition coefficient (Wildman–Crippen LogP) is 7.70. The van der Waals surface area contributed by atoms with Crippen molar-refractivity contribution in [3.05, 3.63) is 74.8 Å². The summed E-state index contributed by atoms with van der Waals surface area (Å²) in [5, 5.41) is 0.